The van der Waals surface area contributed by atoms with Gasteiger partial charge in [-0.15, -0.1) is 12.4 Å². The van der Waals surface area contributed by atoms with Crippen LogP contribution in [0.1, 0.15) is 27.7 Å². The van der Waals surface area contributed by atoms with E-state index in [0.717, 1.165) is 0 Å². The molecule has 2 rings (SSSR count). The summed E-state index contributed by atoms with van der Waals surface area (Å²) in [6, 6.07) is 4.65. The molecule has 0 aromatic heterocycles. The average Bonchev–Trinajstić information content (AvgIpc) is 2.44. The van der Waals surface area contributed by atoms with E-state index in [9.17, 15) is 9.59 Å². The molecule has 0 saturated heterocycles. The Kier molecular flexibility index (Phi) is 6.02. The smallest absolute Gasteiger partial charge is 0.240 e. The number of carbonyl (C=O) groups excluding carboxylic acids is 2. The normalized spacial score (nSPS) is 14.9. The summed E-state index contributed by atoms with van der Waals surface area (Å²) in [5.74, 6) is 0.390. The van der Waals surface area contributed by atoms with Crippen molar-refractivity contribution in [3.63, 3.8) is 0 Å². The molecule has 7 heteroatoms. The first-order valence-electron chi connectivity index (χ1n) is 7.35. The topological polar surface area (TPSA) is 84.7 Å². The Morgan fingerprint density at radius 1 is 1.35 bits per heavy atom. The zero-order chi connectivity index (χ0) is 16.5. The van der Waals surface area contributed by atoms with E-state index >= 15 is 0 Å². The second kappa shape index (κ2) is 7.19. The number of hydrogen-bond donors (Lipinski definition) is 2. The summed E-state index contributed by atoms with van der Waals surface area (Å²) in [4.78, 5) is 26.0. The van der Waals surface area contributed by atoms with Crippen LogP contribution in [0.2, 0.25) is 0 Å². The maximum absolute atomic E-state index is 12.6. The van der Waals surface area contributed by atoms with Crippen LogP contribution in [0.5, 0.6) is 5.75 Å². The molecule has 0 saturated carbocycles. The van der Waals surface area contributed by atoms with E-state index in [1.54, 1.807) is 30.0 Å². The van der Waals surface area contributed by atoms with Gasteiger partial charge in [0.2, 0.25) is 11.8 Å². The molecule has 1 aliphatic heterocycles. The summed E-state index contributed by atoms with van der Waals surface area (Å²) in [5, 5.41) is 2.73. The van der Waals surface area contributed by atoms with Gasteiger partial charge in [-0.2, -0.15) is 0 Å². The SMILES string of the molecule is C[C@@H](N)C(=O)Nc1ccc2c(c1)N(C(=O)C(C)(C)C)CCO2.Cl. The molecule has 1 atom stereocenters. The highest BCUT2D eigenvalue weighted by molar-refractivity contribution is 6.00. The van der Waals surface area contributed by atoms with Crippen molar-refractivity contribution >= 4 is 35.6 Å². The molecule has 0 fully saturated rings. The number of hydrogen-bond acceptors (Lipinski definition) is 4. The van der Waals surface area contributed by atoms with Gasteiger partial charge in [-0.1, -0.05) is 20.8 Å². The van der Waals surface area contributed by atoms with Gasteiger partial charge in [0.15, 0.2) is 0 Å². The van der Waals surface area contributed by atoms with E-state index in [1.165, 1.54) is 0 Å². The molecule has 2 amide bonds. The molecule has 0 spiro atoms. The molecular formula is C16H24ClN3O3. The highest BCUT2D eigenvalue weighted by Gasteiger charge is 2.32. The highest BCUT2D eigenvalue weighted by Crippen LogP contribution is 2.36. The summed E-state index contributed by atoms with van der Waals surface area (Å²) >= 11 is 0. The quantitative estimate of drug-likeness (QED) is 0.863. The first-order chi connectivity index (χ1) is 10.2. The minimum Gasteiger partial charge on any atom is -0.490 e. The molecule has 3 N–H and O–H groups in total. The van der Waals surface area contributed by atoms with E-state index in [0.29, 0.717) is 30.3 Å². The number of nitrogens with one attached hydrogen (secondary N) is 1. The summed E-state index contributed by atoms with van der Waals surface area (Å²) in [6.07, 6.45) is 0. The number of amides is 2. The molecule has 128 valence electrons. The van der Waals surface area contributed by atoms with Gasteiger partial charge in [-0.05, 0) is 25.1 Å². The summed E-state index contributed by atoms with van der Waals surface area (Å²) in [5.41, 5.74) is 6.34. The van der Waals surface area contributed by atoms with Crippen molar-refractivity contribution in [1.29, 1.82) is 0 Å². The Hall–Kier alpha value is -1.79. The molecule has 0 aliphatic carbocycles. The van der Waals surface area contributed by atoms with Crippen LogP contribution in [-0.4, -0.2) is 31.0 Å². The van der Waals surface area contributed by atoms with E-state index in [2.05, 4.69) is 5.32 Å². The van der Waals surface area contributed by atoms with Crippen LogP contribution in [0.25, 0.3) is 0 Å². The molecule has 0 radical (unpaired) electrons. The predicted molar refractivity (Wildman–Crippen MR) is 93.3 cm³/mol. The summed E-state index contributed by atoms with van der Waals surface area (Å²) in [6.45, 7) is 8.21. The second-order valence-electron chi connectivity index (χ2n) is 6.52. The number of fused-ring (bicyclic) bond motifs is 1. The van der Waals surface area contributed by atoms with Gasteiger partial charge in [0, 0.05) is 11.1 Å². The third-order valence-corrected chi connectivity index (χ3v) is 3.39. The maximum Gasteiger partial charge on any atom is 0.240 e. The Balaban J connectivity index is 0.00000264. The van der Waals surface area contributed by atoms with Crippen molar-refractivity contribution in [3.05, 3.63) is 18.2 Å². The van der Waals surface area contributed by atoms with Crippen molar-refractivity contribution < 1.29 is 14.3 Å². The van der Waals surface area contributed by atoms with Crippen molar-refractivity contribution in [2.45, 2.75) is 33.7 Å². The number of nitrogens with two attached hydrogens (primary N) is 1. The molecule has 1 aromatic carbocycles. The van der Waals surface area contributed by atoms with E-state index in [-0.39, 0.29) is 24.2 Å². The zero-order valence-corrected chi connectivity index (χ0v) is 14.7. The fraction of sp³-hybridized carbons (Fsp3) is 0.500. The van der Waals surface area contributed by atoms with Crippen LogP contribution >= 0.6 is 12.4 Å². The van der Waals surface area contributed by atoms with Gasteiger partial charge in [0.1, 0.15) is 12.4 Å². The fourth-order valence-electron chi connectivity index (χ4n) is 2.17. The fourth-order valence-corrected chi connectivity index (χ4v) is 2.17. The predicted octanol–water partition coefficient (Wildman–Crippen LogP) is 2.17. The molecule has 0 unspecified atom stereocenters. The van der Waals surface area contributed by atoms with E-state index in [4.69, 9.17) is 10.5 Å². The number of carbonyl (C=O) groups is 2. The molecule has 1 heterocycles. The molecule has 1 aliphatic rings. The van der Waals surface area contributed by atoms with Crippen molar-refractivity contribution in [1.82, 2.24) is 0 Å². The van der Waals surface area contributed by atoms with Crippen molar-refractivity contribution in [2.75, 3.05) is 23.4 Å². The zero-order valence-electron chi connectivity index (χ0n) is 13.9. The molecule has 1 aromatic rings. The van der Waals surface area contributed by atoms with E-state index in [1.807, 2.05) is 20.8 Å². The first kappa shape index (κ1) is 19.3. The number of anilines is 2. The lowest BCUT2D eigenvalue weighted by molar-refractivity contribution is -0.126. The van der Waals surface area contributed by atoms with Gasteiger partial charge in [0.05, 0.1) is 18.3 Å². The standard InChI is InChI=1S/C16H23N3O3.ClH/c1-10(17)14(20)18-11-5-6-13-12(9-11)19(7-8-22-13)15(21)16(2,3)4;/h5-6,9-10H,7-8,17H2,1-4H3,(H,18,20);1H/t10-;/m1./s1. The summed E-state index contributed by atoms with van der Waals surface area (Å²) in [7, 11) is 0. The Bertz CT molecular complexity index is 597. The van der Waals surface area contributed by atoms with Gasteiger partial charge in [-0.3, -0.25) is 9.59 Å². The van der Waals surface area contributed by atoms with Gasteiger partial charge < -0.3 is 20.7 Å². The average molecular weight is 342 g/mol. The highest BCUT2D eigenvalue weighted by atomic mass is 35.5. The van der Waals surface area contributed by atoms with Crippen LogP contribution in [-0.2, 0) is 9.59 Å². The van der Waals surface area contributed by atoms with Crippen LogP contribution in [0.4, 0.5) is 11.4 Å². The minimum absolute atomic E-state index is 0. The number of benzene rings is 1. The summed E-state index contributed by atoms with van der Waals surface area (Å²) < 4.78 is 5.59. The Morgan fingerprint density at radius 2 is 2.00 bits per heavy atom. The lowest BCUT2D eigenvalue weighted by atomic mass is 9.94. The van der Waals surface area contributed by atoms with Crippen molar-refractivity contribution in [3.8, 4) is 5.75 Å². The Morgan fingerprint density at radius 3 is 2.57 bits per heavy atom. The molecule has 0 bridgehead atoms. The van der Waals surface area contributed by atoms with Crippen LogP contribution < -0.4 is 20.7 Å². The van der Waals surface area contributed by atoms with Crippen molar-refractivity contribution in [2.24, 2.45) is 11.1 Å². The third kappa shape index (κ3) is 4.36. The molecule has 6 nitrogen and oxygen atoms in total. The third-order valence-electron chi connectivity index (χ3n) is 3.39. The Labute approximate surface area is 142 Å². The van der Waals surface area contributed by atoms with Gasteiger partial charge in [0.25, 0.3) is 0 Å². The van der Waals surface area contributed by atoms with E-state index < -0.39 is 11.5 Å². The van der Waals surface area contributed by atoms with Gasteiger partial charge >= 0.3 is 0 Å². The minimum atomic E-state index is -0.598. The first-order valence-corrected chi connectivity index (χ1v) is 7.35. The van der Waals surface area contributed by atoms with Gasteiger partial charge in [-0.25, -0.2) is 0 Å². The lowest BCUT2D eigenvalue weighted by Crippen LogP contribution is -2.44. The van der Waals surface area contributed by atoms with Crippen LogP contribution in [0, 0.1) is 5.41 Å². The number of nitrogens with zero attached hydrogens (tertiary/aromatic N) is 1. The lowest BCUT2D eigenvalue weighted by Gasteiger charge is -2.34. The largest absolute Gasteiger partial charge is 0.490 e. The van der Waals surface area contributed by atoms with Crippen LogP contribution in [0.3, 0.4) is 0 Å². The second-order valence-corrected chi connectivity index (χ2v) is 6.52. The maximum atomic E-state index is 12.6. The van der Waals surface area contributed by atoms with Crippen LogP contribution in [0.15, 0.2) is 18.2 Å². The number of rotatable bonds is 2. The number of ether oxygens (including phenoxy) is 1. The number of halogens is 1. The monoisotopic (exact) mass is 341 g/mol. The molecule has 23 heavy (non-hydrogen) atoms. The molecular weight excluding hydrogens is 318 g/mol.